The Balaban J connectivity index is 1.64. The van der Waals surface area contributed by atoms with E-state index in [0.717, 1.165) is 12.1 Å². The summed E-state index contributed by atoms with van der Waals surface area (Å²) in [4.78, 5) is 26.5. The summed E-state index contributed by atoms with van der Waals surface area (Å²) in [6.45, 7) is 0.00793. The highest BCUT2D eigenvalue weighted by atomic mass is 19.4. The largest absolute Gasteiger partial charge is 0.416 e. The van der Waals surface area contributed by atoms with Gasteiger partial charge in [0.1, 0.15) is 6.17 Å². The van der Waals surface area contributed by atoms with Gasteiger partial charge in [-0.25, -0.2) is 4.68 Å². The molecule has 3 aromatic rings. The van der Waals surface area contributed by atoms with Crippen LogP contribution in [0.2, 0.25) is 0 Å². The molecule has 29 heavy (non-hydrogen) atoms. The number of aromatic nitrogens is 4. The molecule has 0 aliphatic carbocycles. The first-order valence-corrected chi connectivity index (χ1v) is 8.38. The van der Waals surface area contributed by atoms with Crippen LogP contribution in [0.5, 0.6) is 0 Å². The molecule has 4 N–H and O–H groups in total. The lowest BCUT2D eigenvalue weighted by atomic mass is 10.1. The van der Waals surface area contributed by atoms with Gasteiger partial charge in [-0.2, -0.15) is 23.4 Å². The molecule has 2 aromatic heterocycles. The van der Waals surface area contributed by atoms with Gasteiger partial charge < -0.3 is 16.0 Å². The van der Waals surface area contributed by atoms with Gasteiger partial charge in [0.2, 0.25) is 0 Å². The number of nitrogens with zero attached hydrogens (tertiary/aromatic N) is 4. The number of amides is 2. The Morgan fingerprint density at radius 1 is 1.24 bits per heavy atom. The average Bonchev–Trinajstić information content (AvgIpc) is 3.34. The fraction of sp³-hybridized carbons (Fsp3) is 0.176. The molecule has 4 rings (SSSR count). The fourth-order valence-corrected chi connectivity index (χ4v) is 3.02. The van der Waals surface area contributed by atoms with Crippen LogP contribution in [0.4, 0.5) is 24.5 Å². The maximum Gasteiger partial charge on any atom is 0.416 e. The van der Waals surface area contributed by atoms with Crippen molar-refractivity contribution in [2.24, 2.45) is 5.73 Å². The summed E-state index contributed by atoms with van der Waals surface area (Å²) in [5, 5.41) is 12.8. The molecule has 1 atom stereocenters. The first kappa shape index (κ1) is 18.7. The molecule has 9 nitrogen and oxygen atoms in total. The number of fused-ring (bicyclic) bond motifs is 1. The highest BCUT2D eigenvalue weighted by Gasteiger charge is 2.35. The van der Waals surface area contributed by atoms with E-state index in [9.17, 15) is 22.8 Å². The number of hydrogen-bond acceptors (Lipinski definition) is 5. The van der Waals surface area contributed by atoms with Crippen molar-refractivity contribution in [2.75, 3.05) is 16.8 Å². The normalized spacial score (nSPS) is 16.6. The van der Waals surface area contributed by atoms with E-state index >= 15 is 0 Å². The van der Waals surface area contributed by atoms with E-state index in [-0.39, 0.29) is 29.2 Å². The van der Waals surface area contributed by atoms with Crippen molar-refractivity contribution in [3.8, 4) is 0 Å². The Hall–Kier alpha value is -3.67. The summed E-state index contributed by atoms with van der Waals surface area (Å²) >= 11 is 0. The van der Waals surface area contributed by atoms with Crippen LogP contribution >= 0.6 is 0 Å². The number of alkyl halides is 3. The molecule has 0 fully saturated rings. The molecule has 0 saturated heterocycles. The molecule has 150 valence electrons. The summed E-state index contributed by atoms with van der Waals surface area (Å²) in [5.74, 6) is -1.06. The third kappa shape index (κ3) is 3.33. The van der Waals surface area contributed by atoms with Crippen LogP contribution < -0.4 is 16.0 Å². The Labute approximate surface area is 161 Å². The zero-order chi connectivity index (χ0) is 20.8. The van der Waals surface area contributed by atoms with Crippen molar-refractivity contribution in [2.45, 2.75) is 12.3 Å². The number of aromatic amines is 1. The Kier molecular flexibility index (Phi) is 4.34. The second kappa shape index (κ2) is 6.74. The van der Waals surface area contributed by atoms with Crippen molar-refractivity contribution in [1.82, 2.24) is 20.0 Å². The molecule has 1 aromatic carbocycles. The van der Waals surface area contributed by atoms with Crippen LogP contribution in [0.3, 0.4) is 0 Å². The number of hydrogen-bond donors (Lipinski definition) is 3. The second-order valence-electron chi connectivity index (χ2n) is 6.32. The smallest absolute Gasteiger partial charge is 0.319 e. The van der Waals surface area contributed by atoms with E-state index in [2.05, 4.69) is 20.6 Å². The van der Waals surface area contributed by atoms with Gasteiger partial charge in [0.05, 0.1) is 35.8 Å². The van der Waals surface area contributed by atoms with E-state index in [0.29, 0.717) is 0 Å². The van der Waals surface area contributed by atoms with Crippen LogP contribution in [0.15, 0.2) is 42.9 Å². The summed E-state index contributed by atoms with van der Waals surface area (Å²) in [7, 11) is 0. The average molecular weight is 405 g/mol. The van der Waals surface area contributed by atoms with Crippen molar-refractivity contribution < 1.29 is 22.8 Å². The van der Waals surface area contributed by atoms with Gasteiger partial charge in [-0.1, -0.05) is 0 Å². The summed E-state index contributed by atoms with van der Waals surface area (Å²) < 4.78 is 39.6. The first-order valence-electron chi connectivity index (χ1n) is 8.38. The van der Waals surface area contributed by atoms with Crippen LogP contribution in [0, 0.1) is 0 Å². The number of nitrogens with one attached hydrogen (secondary N) is 2. The van der Waals surface area contributed by atoms with Crippen molar-refractivity contribution in [3.63, 3.8) is 0 Å². The monoisotopic (exact) mass is 405 g/mol. The molecule has 2 amide bonds. The molecule has 3 heterocycles. The van der Waals surface area contributed by atoms with E-state index in [4.69, 9.17) is 5.73 Å². The SMILES string of the molecule is NC1CN(c2ccc(C(F)(F)F)cc2)C(=O)c2c(NC(=O)c3cn[nH]c3)cnn21. The third-order valence-electron chi connectivity index (χ3n) is 4.44. The highest BCUT2D eigenvalue weighted by molar-refractivity contribution is 6.13. The molecule has 0 saturated carbocycles. The van der Waals surface area contributed by atoms with Gasteiger partial charge in [0, 0.05) is 11.9 Å². The second-order valence-corrected chi connectivity index (χ2v) is 6.32. The number of rotatable bonds is 3. The lowest BCUT2D eigenvalue weighted by Crippen LogP contribution is -2.46. The predicted molar refractivity (Wildman–Crippen MR) is 95.1 cm³/mol. The number of H-pyrrole nitrogens is 1. The molecule has 12 heteroatoms. The van der Waals surface area contributed by atoms with Gasteiger partial charge in [0.15, 0.2) is 5.69 Å². The number of nitrogens with two attached hydrogens (primary N) is 1. The molecule has 0 bridgehead atoms. The van der Waals surface area contributed by atoms with Gasteiger partial charge in [-0.15, -0.1) is 0 Å². The molecular formula is C17H14F3N7O2. The van der Waals surface area contributed by atoms with Crippen LogP contribution in [0.1, 0.15) is 32.6 Å². The van der Waals surface area contributed by atoms with Gasteiger partial charge in [-0.05, 0) is 24.3 Å². The summed E-state index contributed by atoms with van der Waals surface area (Å²) in [5.41, 5.74) is 5.90. The quantitative estimate of drug-likeness (QED) is 0.615. The topological polar surface area (TPSA) is 122 Å². The summed E-state index contributed by atoms with van der Waals surface area (Å²) in [6.07, 6.45) is -1.24. The minimum atomic E-state index is -4.48. The van der Waals surface area contributed by atoms with Gasteiger partial charge in [0.25, 0.3) is 11.8 Å². The van der Waals surface area contributed by atoms with Crippen LogP contribution in [0.25, 0.3) is 0 Å². The Morgan fingerprint density at radius 2 is 1.97 bits per heavy atom. The fourth-order valence-electron chi connectivity index (χ4n) is 3.02. The molecule has 1 aliphatic heterocycles. The van der Waals surface area contributed by atoms with Crippen molar-refractivity contribution in [1.29, 1.82) is 0 Å². The Bertz CT molecular complexity index is 1060. The maximum atomic E-state index is 13.0. The van der Waals surface area contributed by atoms with Gasteiger partial charge in [-0.3, -0.25) is 14.7 Å². The van der Waals surface area contributed by atoms with Crippen LogP contribution in [-0.4, -0.2) is 38.3 Å². The highest BCUT2D eigenvalue weighted by Crippen LogP contribution is 2.33. The standard InChI is InChI=1S/C17H14F3N7O2/c18-17(19,20)10-1-3-11(4-2-10)26-8-13(21)27-14(16(26)29)12(7-24-27)25-15(28)9-5-22-23-6-9/h1-7,13H,8,21H2,(H,22,23)(H,25,28). The summed E-state index contributed by atoms with van der Waals surface area (Å²) in [6, 6.07) is 4.18. The van der Waals surface area contributed by atoms with E-state index in [1.807, 2.05) is 0 Å². The molecule has 0 spiro atoms. The molecule has 0 radical (unpaired) electrons. The molecule has 1 unspecified atom stereocenters. The van der Waals surface area contributed by atoms with Gasteiger partial charge >= 0.3 is 6.18 Å². The minimum Gasteiger partial charge on any atom is -0.319 e. The lowest BCUT2D eigenvalue weighted by molar-refractivity contribution is -0.137. The van der Waals surface area contributed by atoms with Crippen LogP contribution in [-0.2, 0) is 6.18 Å². The zero-order valence-electron chi connectivity index (χ0n) is 14.6. The number of carbonyl (C=O) groups is 2. The number of carbonyl (C=O) groups excluding carboxylic acids is 2. The predicted octanol–water partition coefficient (Wildman–Crippen LogP) is 2.00. The van der Waals surface area contributed by atoms with Crippen molar-refractivity contribution in [3.05, 3.63) is 59.7 Å². The number of halogens is 3. The molecule has 1 aliphatic rings. The molecular weight excluding hydrogens is 391 g/mol. The lowest BCUT2D eigenvalue weighted by Gasteiger charge is -2.32. The van der Waals surface area contributed by atoms with E-state index in [1.54, 1.807) is 0 Å². The van der Waals surface area contributed by atoms with E-state index < -0.39 is 29.7 Å². The number of benzene rings is 1. The Morgan fingerprint density at radius 3 is 2.59 bits per heavy atom. The van der Waals surface area contributed by atoms with Crippen molar-refractivity contribution >= 4 is 23.2 Å². The maximum absolute atomic E-state index is 13.0. The zero-order valence-corrected chi connectivity index (χ0v) is 14.6. The first-order chi connectivity index (χ1) is 13.8. The van der Waals surface area contributed by atoms with E-state index in [1.165, 1.54) is 40.3 Å². The minimum absolute atomic E-state index is 0.00793. The third-order valence-corrected chi connectivity index (χ3v) is 4.44. The number of anilines is 2.